The molecular weight excluding hydrogens is 362 g/mol. The fourth-order valence-corrected chi connectivity index (χ4v) is 3.96. The van der Waals surface area contributed by atoms with Gasteiger partial charge in [0.1, 0.15) is 0 Å². The summed E-state index contributed by atoms with van der Waals surface area (Å²) in [4.78, 5) is 22.5. The number of nitrogens with zero attached hydrogens (tertiary/aromatic N) is 5. The number of likely N-dealkylation sites (N-methyl/N-ethyl adjacent to an activating group) is 1. The second-order valence-electron chi connectivity index (χ2n) is 8.50. The van der Waals surface area contributed by atoms with Crippen LogP contribution in [0.25, 0.3) is 22.3 Å². The number of pyridine rings is 1. The molecule has 1 unspecified atom stereocenters. The summed E-state index contributed by atoms with van der Waals surface area (Å²) in [5.41, 5.74) is 4.48. The predicted molar refractivity (Wildman–Crippen MR) is 116 cm³/mol. The van der Waals surface area contributed by atoms with Gasteiger partial charge in [0.25, 0.3) is 5.91 Å². The molecule has 1 aliphatic rings. The van der Waals surface area contributed by atoms with Gasteiger partial charge in [-0.1, -0.05) is 29.8 Å². The van der Waals surface area contributed by atoms with Gasteiger partial charge in [0.05, 0.1) is 22.8 Å². The number of likely N-dealkylation sites (tertiary alicyclic amines) is 1. The molecule has 1 amide bonds. The highest BCUT2D eigenvalue weighted by Gasteiger charge is 2.30. The van der Waals surface area contributed by atoms with E-state index in [0.717, 1.165) is 41.8 Å². The van der Waals surface area contributed by atoms with E-state index in [1.165, 1.54) is 5.56 Å². The monoisotopic (exact) mass is 391 g/mol. The zero-order chi connectivity index (χ0) is 20.7. The van der Waals surface area contributed by atoms with Crippen LogP contribution in [0.4, 0.5) is 0 Å². The summed E-state index contributed by atoms with van der Waals surface area (Å²) < 4.78 is 1.90. The standard InChI is InChI=1S/C23H29N5O/c1-15(2)28-22-20(13-24-28)19(23(29)27-11-10-18(14-27)26(4)5)12-21(25-22)17-8-6-16(3)7-9-17/h6-9,12-13,15,18H,10-11,14H2,1-5H3. The molecule has 2 aromatic heterocycles. The largest absolute Gasteiger partial charge is 0.337 e. The molecule has 1 atom stereocenters. The Bertz CT molecular complexity index is 1040. The van der Waals surface area contributed by atoms with E-state index < -0.39 is 0 Å². The lowest BCUT2D eigenvalue weighted by Gasteiger charge is -2.21. The van der Waals surface area contributed by atoms with Crippen molar-refractivity contribution in [1.82, 2.24) is 24.6 Å². The van der Waals surface area contributed by atoms with Crippen molar-refractivity contribution in [2.45, 2.75) is 39.3 Å². The molecule has 6 heteroatoms. The molecule has 3 heterocycles. The summed E-state index contributed by atoms with van der Waals surface area (Å²) >= 11 is 0. The molecule has 0 radical (unpaired) electrons. The summed E-state index contributed by atoms with van der Waals surface area (Å²) in [7, 11) is 4.15. The van der Waals surface area contributed by atoms with E-state index in [1.54, 1.807) is 6.20 Å². The van der Waals surface area contributed by atoms with Crippen molar-refractivity contribution in [3.63, 3.8) is 0 Å². The quantitative estimate of drug-likeness (QED) is 0.679. The second-order valence-corrected chi connectivity index (χ2v) is 8.50. The maximum absolute atomic E-state index is 13.5. The van der Waals surface area contributed by atoms with Gasteiger partial charge < -0.3 is 9.80 Å². The minimum atomic E-state index is 0.0680. The minimum absolute atomic E-state index is 0.0680. The number of benzene rings is 1. The maximum atomic E-state index is 13.5. The van der Waals surface area contributed by atoms with Crippen LogP contribution in [-0.2, 0) is 0 Å². The number of hydrogen-bond acceptors (Lipinski definition) is 4. The first-order chi connectivity index (χ1) is 13.8. The fraction of sp³-hybridized carbons (Fsp3) is 0.435. The third-order valence-corrected chi connectivity index (χ3v) is 5.81. The van der Waals surface area contributed by atoms with Gasteiger partial charge in [0.15, 0.2) is 5.65 Å². The van der Waals surface area contributed by atoms with Gasteiger partial charge in [-0.15, -0.1) is 0 Å². The van der Waals surface area contributed by atoms with Crippen LogP contribution in [0, 0.1) is 6.92 Å². The Morgan fingerprint density at radius 1 is 1.21 bits per heavy atom. The molecule has 0 bridgehead atoms. The van der Waals surface area contributed by atoms with Gasteiger partial charge in [-0.05, 0) is 47.4 Å². The van der Waals surface area contributed by atoms with Gasteiger partial charge in [-0.2, -0.15) is 5.10 Å². The third kappa shape index (κ3) is 3.65. The second kappa shape index (κ2) is 7.59. The maximum Gasteiger partial charge on any atom is 0.254 e. The van der Waals surface area contributed by atoms with Crippen LogP contribution < -0.4 is 0 Å². The number of amides is 1. The summed E-state index contributed by atoms with van der Waals surface area (Å²) in [6, 6.07) is 10.8. The van der Waals surface area contributed by atoms with Crippen molar-refractivity contribution < 1.29 is 4.79 Å². The number of aromatic nitrogens is 3. The minimum Gasteiger partial charge on any atom is -0.337 e. The lowest BCUT2D eigenvalue weighted by Crippen LogP contribution is -2.34. The molecule has 3 aromatic rings. The molecule has 29 heavy (non-hydrogen) atoms. The Hall–Kier alpha value is -2.73. The van der Waals surface area contributed by atoms with Crippen molar-refractivity contribution in [3.8, 4) is 11.3 Å². The smallest absolute Gasteiger partial charge is 0.254 e. The van der Waals surface area contributed by atoms with E-state index in [9.17, 15) is 4.79 Å². The van der Waals surface area contributed by atoms with Gasteiger partial charge in [-0.3, -0.25) is 4.79 Å². The number of aryl methyl sites for hydroxylation is 1. The van der Waals surface area contributed by atoms with Crippen LogP contribution in [0.5, 0.6) is 0 Å². The number of carbonyl (C=O) groups excluding carboxylic acids is 1. The summed E-state index contributed by atoms with van der Waals surface area (Å²) in [6.45, 7) is 7.77. The van der Waals surface area contributed by atoms with Crippen LogP contribution in [0.3, 0.4) is 0 Å². The van der Waals surface area contributed by atoms with Crippen molar-refractivity contribution in [2.75, 3.05) is 27.2 Å². The van der Waals surface area contributed by atoms with E-state index in [0.29, 0.717) is 11.6 Å². The Balaban J connectivity index is 1.82. The Labute approximate surface area is 172 Å². The zero-order valence-corrected chi connectivity index (χ0v) is 17.9. The molecule has 152 valence electrons. The van der Waals surface area contributed by atoms with Crippen LogP contribution in [0.1, 0.15) is 42.2 Å². The van der Waals surface area contributed by atoms with Crippen LogP contribution >= 0.6 is 0 Å². The molecule has 6 nitrogen and oxygen atoms in total. The topological polar surface area (TPSA) is 54.3 Å². The van der Waals surface area contributed by atoms with Gasteiger partial charge in [-0.25, -0.2) is 9.67 Å². The average molecular weight is 392 g/mol. The molecule has 1 aromatic carbocycles. The normalized spacial score (nSPS) is 17.1. The first kappa shape index (κ1) is 19.6. The first-order valence-corrected chi connectivity index (χ1v) is 10.3. The SMILES string of the molecule is Cc1ccc(-c2cc(C(=O)N3CCC(N(C)C)C3)c3cnn(C(C)C)c3n2)cc1. The zero-order valence-electron chi connectivity index (χ0n) is 17.9. The highest BCUT2D eigenvalue weighted by atomic mass is 16.2. The molecule has 4 rings (SSSR count). The predicted octanol–water partition coefficient (Wildman–Crippen LogP) is 3.76. The molecule has 1 fully saturated rings. The van der Waals surface area contributed by atoms with E-state index in [4.69, 9.17) is 4.98 Å². The summed E-state index contributed by atoms with van der Waals surface area (Å²) in [5, 5.41) is 5.36. The Kier molecular flexibility index (Phi) is 5.13. The lowest BCUT2D eigenvalue weighted by molar-refractivity contribution is 0.0785. The fourth-order valence-electron chi connectivity index (χ4n) is 3.96. The first-order valence-electron chi connectivity index (χ1n) is 10.3. The molecule has 0 aliphatic carbocycles. The molecule has 1 aliphatic heterocycles. The van der Waals surface area contributed by atoms with Crippen molar-refractivity contribution in [2.24, 2.45) is 0 Å². The Morgan fingerprint density at radius 3 is 2.55 bits per heavy atom. The summed E-state index contributed by atoms with van der Waals surface area (Å²) in [6.07, 6.45) is 2.79. The molecule has 0 N–H and O–H groups in total. The molecule has 1 saturated heterocycles. The van der Waals surface area contributed by atoms with Gasteiger partial charge in [0.2, 0.25) is 0 Å². The van der Waals surface area contributed by atoms with Gasteiger partial charge in [0, 0.05) is 30.7 Å². The number of carbonyl (C=O) groups is 1. The van der Waals surface area contributed by atoms with Gasteiger partial charge >= 0.3 is 0 Å². The molecule has 0 saturated carbocycles. The van der Waals surface area contributed by atoms with Crippen molar-refractivity contribution in [3.05, 3.63) is 47.7 Å². The number of hydrogen-bond donors (Lipinski definition) is 0. The Morgan fingerprint density at radius 2 is 1.93 bits per heavy atom. The van der Waals surface area contributed by atoms with Crippen LogP contribution in [-0.4, -0.2) is 63.7 Å². The lowest BCUT2D eigenvalue weighted by atomic mass is 10.0. The van der Waals surface area contributed by atoms with E-state index in [2.05, 4.69) is 69.1 Å². The average Bonchev–Trinajstić information content (AvgIpc) is 3.34. The highest BCUT2D eigenvalue weighted by Crippen LogP contribution is 2.28. The van der Waals surface area contributed by atoms with Crippen LogP contribution in [0.2, 0.25) is 0 Å². The number of fused-ring (bicyclic) bond motifs is 1. The van der Waals surface area contributed by atoms with Crippen molar-refractivity contribution in [1.29, 1.82) is 0 Å². The summed E-state index contributed by atoms with van der Waals surface area (Å²) in [5.74, 6) is 0.0680. The molecular formula is C23H29N5O. The molecule has 0 spiro atoms. The van der Waals surface area contributed by atoms with Crippen molar-refractivity contribution >= 4 is 16.9 Å². The number of rotatable bonds is 4. The van der Waals surface area contributed by atoms with E-state index in [1.807, 2.05) is 15.6 Å². The van der Waals surface area contributed by atoms with Crippen LogP contribution in [0.15, 0.2) is 36.5 Å². The van der Waals surface area contributed by atoms with E-state index >= 15 is 0 Å². The highest BCUT2D eigenvalue weighted by molar-refractivity contribution is 6.06. The third-order valence-electron chi connectivity index (χ3n) is 5.81. The van der Waals surface area contributed by atoms with E-state index in [-0.39, 0.29) is 11.9 Å².